The lowest BCUT2D eigenvalue weighted by molar-refractivity contribution is -0.129. The van der Waals surface area contributed by atoms with Crippen LogP contribution < -0.4 is 11.1 Å². The zero-order valence-corrected chi connectivity index (χ0v) is 13.6. The first-order chi connectivity index (χ1) is 10.1. The van der Waals surface area contributed by atoms with E-state index >= 15 is 0 Å². The maximum absolute atomic E-state index is 12.9. The Morgan fingerprint density at radius 2 is 1.90 bits per heavy atom. The van der Waals surface area contributed by atoms with E-state index in [0.29, 0.717) is 18.1 Å². The molecule has 2 aliphatic carbocycles. The van der Waals surface area contributed by atoms with Crippen molar-refractivity contribution in [3.05, 3.63) is 0 Å². The minimum atomic E-state index is -0.798. The van der Waals surface area contributed by atoms with Gasteiger partial charge < -0.3 is 16.3 Å². The lowest BCUT2D eigenvalue weighted by atomic mass is 9.72. The first-order valence-electron chi connectivity index (χ1n) is 7.96. The van der Waals surface area contributed by atoms with Crippen molar-refractivity contribution in [1.82, 2.24) is 5.32 Å². The molecule has 0 heterocycles. The number of nitrogens with zero attached hydrogens (tertiary/aromatic N) is 1. The van der Waals surface area contributed by atoms with Gasteiger partial charge in [0.2, 0.25) is 5.91 Å². The van der Waals surface area contributed by atoms with Crippen molar-refractivity contribution < 1.29 is 10.0 Å². The summed E-state index contributed by atoms with van der Waals surface area (Å²) >= 11 is 1.83. The van der Waals surface area contributed by atoms with E-state index in [4.69, 9.17) is 10.9 Å². The molecular formula is C15H27N3O2S. The van der Waals surface area contributed by atoms with Gasteiger partial charge in [0.1, 0.15) is 5.41 Å². The topological polar surface area (TPSA) is 87.7 Å². The molecule has 5 nitrogen and oxygen atoms in total. The molecule has 0 saturated heterocycles. The molecule has 6 heteroatoms. The van der Waals surface area contributed by atoms with Gasteiger partial charge in [-0.15, -0.1) is 0 Å². The number of oxime groups is 1. The molecule has 2 unspecified atom stereocenters. The molecule has 0 radical (unpaired) electrons. The van der Waals surface area contributed by atoms with Crippen LogP contribution in [0.5, 0.6) is 0 Å². The molecule has 0 spiro atoms. The zero-order chi connectivity index (χ0) is 15.3. The molecule has 21 heavy (non-hydrogen) atoms. The molecule has 2 atom stereocenters. The highest BCUT2D eigenvalue weighted by molar-refractivity contribution is 7.99. The van der Waals surface area contributed by atoms with Gasteiger partial charge in [-0.3, -0.25) is 4.79 Å². The highest BCUT2D eigenvalue weighted by Gasteiger charge is 2.45. The van der Waals surface area contributed by atoms with Crippen molar-refractivity contribution >= 4 is 23.5 Å². The van der Waals surface area contributed by atoms with E-state index in [0.717, 1.165) is 32.1 Å². The maximum atomic E-state index is 12.9. The second kappa shape index (κ2) is 7.38. The van der Waals surface area contributed by atoms with Crippen LogP contribution in [0.4, 0.5) is 0 Å². The van der Waals surface area contributed by atoms with Gasteiger partial charge in [-0.2, -0.15) is 11.8 Å². The van der Waals surface area contributed by atoms with Gasteiger partial charge >= 0.3 is 0 Å². The fourth-order valence-electron chi connectivity index (χ4n) is 3.70. The number of nitrogens with two attached hydrogens (primary N) is 1. The standard InChI is InChI=1S/C15H27N3O2S/c1-21-12-8-4-3-7-11(12)17-14(19)15(13(16)18-20)9-5-2-6-10-15/h11-12,20H,2-10H2,1H3,(H2,16,18)(H,17,19). The van der Waals surface area contributed by atoms with Gasteiger partial charge in [-0.25, -0.2) is 0 Å². The number of thioether (sulfide) groups is 1. The Hall–Kier alpha value is -0.910. The molecule has 0 bridgehead atoms. The molecule has 0 aromatic carbocycles. The van der Waals surface area contributed by atoms with Crippen LogP contribution in [0.3, 0.4) is 0 Å². The van der Waals surface area contributed by atoms with Crippen LogP contribution in [0.1, 0.15) is 57.8 Å². The number of carbonyl (C=O) groups is 1. The summed E-state index contributed by atoms with van der Waals surface area (Å²) in [5.41, 5.74) is 5.09. The Morgan fingerprint density at radius 1 is 1.24 bits per heavy atom. The Labute approximate surface area is 131 Å². The van der Waals surface area contributed by atoms with Crippen molar-refractivity contribution in [1.29, 1.82) is 0 Å². The van der Waals surface area contributed by atoms with Crippen LogP contribution in [0.2, 0.25) is 0 Å². The molecule has 0 aromatic heterocycles. The second-order valence-corrected chi connectivity index (χ2v) is 7.34. The fraction of sp³-hybridized carbons (Fsp3) is 0.867. The predicted molar refractivity (Wildman–Crippen MR) is 86.6 cm³/mol. The van der Waals surface area contributed by atoms with Gasteiger partial charge in [-0.1, -0.05) is 37.3 Å². The van der Waals surface area contributed by atoms with Crippen LogP contribution in [0.25, 0.3) is 0 Å². The Morgan fingerprint density at radius 3 is 2.52 bits per heavy atom. The number of carbonyl (C=O) groups excluding carboxylic acids is 1. The summed E-state index contributed by atoms with van der Waals surface area (Å²) in [5, 5.41) is 15.9. The average Bonchev–Trinajstić information content (AvgIpc) is 2.55. The minimum absolute atomic E-state index is 0.0385. The smallest absolute Gasteiger partial charge is 0.234 e. The second-order valence-electron chi connectivity index (χ2n) is 6.27. The average molecular weight is 313 g/mol. The van der Waals surface area contributed by atoms with E-state index in [9.17, 15) is 4.79 Å². The Kier molecular flexibility index (Phi) is 5.79. The first kappa shape index (κ1) is 16.5. The van der Waals surface area contributed by atoms with E-state index in [2.05, 4.69) is 16.7 Å². The highest BCUT2D eigenvalue weighted by Crippen LogP contribution is 2.38. The monoisotopic (exact) mass is 313 g/mol. The van der Waals surface area contributed by atoms with Gasteiger partial charge in [-0.05, 0) is 31.9 Å². The molecule has 0 aliphatic heterocycles. The van der Waals surface area contributed by atoms with Gasteiger partial charge in [0, 0.05) is 11.3 Å². The number of hydrogen-bond donors (Lipinski definition) is 3. The molecule has 120 valence electrons. The molecular weight excluding hydrogens is 286 g/mol. The third-order valence-electron chi connectivity index (χ3n) is 5.06. The quantitative estimate of drug-likeness (QED) is 0.322. The fourth-order valence-corrected chi connectivity index (χ4v) is 4.64. The molecule has 2 saturated carbocycles. The number of rotatable bonds is 4. The van der Waals surface area contributed by atoms with E-state index in [1.807, 2.05) is 11.8 Å². The predicted octanol–water partition coefficient (Wildman–Crippen LogP) is 2.47. The Bertz CT molecular complexity index is 394. The third-order valence-corrected chi connectivity index (χ3v) is 6.23. The Balaban J connectivity index is 2.11. The summed E-state index contributed by atoms with van der Waals surface area (Å²) in [5.74, 6) is 0.0414. The number of amidine groups is 1. The zero-order valence-electron chi connectivity index (χ0n) is 12.8. The maximum Gasteiger partial charge on any atom is 0.234 e. The summed E-state index contributed by atoms with van der Waals surface area (Å²) in [6.07, 6.45) is 11.1. The summed E-state index contributed by atoms with van der Waals surface area (Å²) in [7, 11) is 0. The number of hydrogen-bond acceptors (Lipinski definition) is 4. The van der Waals surface area contributed by atoms with Crippen molar-refractivity contribution in [2.75, 3.05) is 6.26 Å². The largest absolute Gasteiger partial charge is 0.409 e. The van der Waals surface area contributed by atoms with Crippen molar-refractivity contribution in [2.45, 2.75) is 69.1 Å². The molecule has 2 aliphatic rings. The van der Waals surface area contributed by atoms with E-state index in [1.54, 1.807) is 0 Å². The van der Waals surface area contributed by atoms with E-state index in [-0.39, 0.29) is 17.8 Å². The molecule has 1 amide bonds. The minimum Gasteiger partial charge on any atom is -0.409 e. The highest BCUT2D eigenvalue weighted by atomic mass is 32.2. The van der Waals surface area contributed by atoms with Crippen LogP contribution in [-0.4, -0.2) is 34.5 Å². The molecule has 0 aromatic rings. The first-order valence-corrected chi connectivity index (χ1v) is 9.24. The lowest BCUT2D eigenvalue weighted by Crippen LogP contribution is -2.55. The van der Waals surface area contributed by atoms with Crippen molar-refractivity contribution in [3.63, 3.8) is 0 Å². The summed E-state index contributed by atoms with van der Waals surface area (Å²) < 4.78 is 0. The van der Waals surface area contributed by atoms with Crippen LogP contribution >= 0.6 is 11.8 Å². The molecule has 2 fully saturated rings. The lowest BCUT2D eigenvalue weighted by Gasteiger charge is -2.38. The van der Waals surface area contributed by atoms with E-state index in [1.165, 1.54) is 12.8 Å². The van der Waals surface area contributed by atoms with Crippen LogP contribution in [0.15, 0.2) is 5.16 Å². The summed E-state index contributed by atoms with van der Waals surface area (Å²) in [4.78, 5) is 12.9. The number of amides is 1. The SMILES string of the molecule is CSC1CCCCC1NC(=O)C1(C(N)=NO)CCCCC1. The van der Waals surface area contributed by atoms with Crippen molar-refractivity contribution in [3.8, 4) is 0 Å². The van der Waals surface area contributed by atoms with Crippen LogP contribution in [-0.2, 0) is 4.79 Å². The summed E-state index contributed by atoms with van der Waals surface area (Å²) in [6, 6.07) is 0.214. The van der Waals surface area contributed by atoms with Crippen LogP contribution in [0, 0.1) is 5.41 Å². The van der Waals surface area contributed by atoms with Crippen molar-refractivity contribution in [2.24, 2.45) is 16.3 Å². The van der Waals surface area contributed by atoms with Gasteiger partial charge in [0.15, 0.2) is 5.84 Å². The van der Waals surface area contributed by atoms with Gasteiger partial charge in [0.25, 0.3) is 0 Å². The van der Waals surface area contributed by atoms with E-state index < -0.39 is 5.41 Å². The molecule has 4 N–H and O–H groups in total. The van der Waals surface area contributed by atoms with Gasteiger partial charge in [0.05, 0.1) is 0 Å². The third kappa shape index (κ3) is 3.47. The number of nitrogens with one attached hydrogen (secondary N) is 1. The summed E-state index contributed by atoms with van der Waals surface area (Å²) in [6.45, 7) is 0. The normalized spacial score (nSPS) is 29.9. The molecule has 2 rings (SSSR count).